The number of nitrogens with one attached hydrogen (secondary N) is 2. The average molecular weight is 533 g/mol. The Balaban J connectivity index is 1.28. The zero-order chi connectivity index (χ0) is 25.6. The van der Waals surface area contributed by atoms with Gasteiger partial charge >= 0.3 is 0 Å². The second-order valence-corrected chi connectivity index (χ2v) is 10.5. The molecule has 0 aliphatic carbocycles. The van der Waals surface area contributed by atoms with E-state index < -0.39 is 0 Å². The molecule has 38 heavy (non-hydrogen) atoms. The molecule has 7 rings (SSSR count). The van der Waals surface area contributed by atoms with E-state index in [4.69, 9.17) is 4.98 Å². The van der Waals surface area contributed by atoms with Gasteiger partial charge in [-0.05, 0) is 47.3 Å². The Hall–Kier alpha value is -4.80. The maximum absolute atomic E-state index is 12.9. The predicted octanol–water partition coefficient (Wildman–Crippen LogP) is 5.74. The number of aromatic amines is 2. The molecule has 0 amide bonds. The fraction of sp³-hybridized carbons (Fsp3) is 0. The number of nitrogens with zero attached hydrogens (tertiary/aromatic N) is 4. The minimum absolute atomic E-state index is 0.287. The van der Waals surface area contributed by atoms with Crippen LogP contribution in [0.25, 0.3) is 65.2 Å². The van der Waals surface area contributed by atoms with Gasteiger partial charge in [0, 0.05) is 16.6 Å². The molecule has 10 heteroatoms. The molecule has 0 bridgehead atoms. The first-order valence-electron chi connectivity index (χ1n) is 11.6. The summed E-state index contributed by atoms with van der Waals surface area (Å²) in [6, 6.07) is 22.9. The summed E-state index contributed by atoms with van der Waals surface area (Å²) in [6.07, 6.45) is 1.65. The zero-order valence-corrected chi connectivity index (χ0v) is 21.1. The molecule has 0 spiro atoms. The molecule has 6 aromatic heterocycles. The first-order chi connectivity index (χ1) is 18.6. The highest BCUT2D eigenvalue weighted by Gasteiger charge is 2.14. The van der Waals surface area contributed by atoms with Crippen LogP contribution in [-0.2, 0) is 0 Å². The first kappa shape index (κ1) is 22.4. The number of aromatic nitrogens is 6. The number of pyridine rings is 2. The maximum Gasteiger partial charge on any atom is 0.291 e. The normalized spacial score (nSPS) is 11.4. The molecule has 0 saturated carbocycles. The molecule has 8 nitrogen and oxygen atoms in total. The van der Waals surface area contributed by atoms with Crippen molar-refractivity contribution < 1.29 is 0 Å². The molecule has 6 heterocycles. The number of H-pyrrole nitrogens is 2. The van der Waals surface area contributed by atoms with Crippen molar-refractivity contribution in [2.75, 3.05) is 0 Å². The van der Waals surface area contributed by atoms with E-state index in [1.165, 1.54) is 22.7 Å². The lowest BCUT2D eigenvalue weighted by Gasteiger charge is -2.06. The standard InChI is InChI=1S/C28H16N6O2S2/c35-26-17-14-22(15-5-2-1-3-6-15)38-28(17)34-24(32-26)20-8-4-7-18(30-20)16-9-11-29-21(13-16)25-31-19-10-12-37-23(19)27(36)33-25/h1-14H,(H,31,33,36)(H,32,34,35). The van der Waals surface area contributed by atoms with Crippen molar-refractivity contribution in [3.63, 3.8) is 0 Å². The van der Waals surface area contributed by atoms with Crippen LogP contribution in [0.1, 0.15) is 0 Å². The minimum Gasteiger partial charge on any atom is -0.337 e. The smallest absolute Gasteiger partial charge is 0.291 e. The van der Waals surface area contributed by atoms with Crippen molar-refractivity contribution in [2.24, 2.45) is 0 Å². The van der Waals surface area contributed by atoms with Gasteiger partial charge in [0.25, 0.3) is 11.1 Å². The molecule has 7 aromatic rings. The van der Waals surface area contributed by atoms with Gasteiger partial charge in [-0.2, -0.15) is 9.97 Å². The SMILES string of the molecule is O=c1nc(-c2cccc(-c3ccnc(-c4nc(=O)c5sccc5[nH]4)c3)n2)[nH]c2sc(-c3ccccc3)cc12. The van der Waals surface area contributed by atoms with E-state index in [2.05, 4.69) is 24.9 Å². The van der Waals surface area contributed by atoms with Gasteiger partial charge in [-0.15, -0.1) is 22.7 Å². The molecule has 0 radical (unpaired) electrons. The summed E-state index contributed by atoms with van der Waals surface area (Å²) in [5.41, 5.74) is 3.72. The topological polar surface area (TPSA) is 117 Å². The van der Waals surface area contributed by atoms with Crippen molar-refractivity contribution in [3.8, 4) is 44.7 Å². The summed E-state index contributed by atoms with van der Waals surface area (Å²) in [5, 5.41) is 2.40. The second-order valence-electron chi connectivity index (χ2n) is 8.50. The number of benzene rings is 1. The van der Waals surface area contributed by atoms with Crippen LogP contribution in [0.15, 0.2) is 94.0 Å². The quantitative estimate of drug-likeness (QED) is 0.299. The van der Waals surface area contributed by atoms with E-state index in [-0.39, 0.29) is 11.1 Å². The third-order valence-corrected chi connectivity index (χ3v) is 8.08. The highest BCUT2D eigenvalue weighted by molar-refractivity contribution is 7.21. The summed E-state index contributed by atoms with van der Waals surface area (Å²) >= 11 is 2.86. The van der Waals surface area contributed by atoms with E-state index in [0.29, 0.717) is 38.8 Å². The molecule has 0 aliphatic heterocycles. The lowest BCUT2D eigenvalue weighted by molar-refractivity contribution is 1.14. The lowest BCUT2D eigenvalue weighted by Crippen LogP contribution is -2.08. The van der Waals surface area contributed by atoms with Crippen molar-refractivity contribution >= 4 is 43.1 Å². The molecule has 0 atom stereocenters. The van der Waals surface area contributed by atoms with Gasteiger partial charge in [0.05, 0.1) is 16.6 Å². The van der Waals surface area contributed by atoms with E-state index in [1.807, 2.05) is 78.2 Å². The van der Waals surface area contributed by atoms with Crippen molar-refractivity contribution in [1.82, 2.24) is 29.9 Å². The number of hydrogen-bond acceptors (Lipinski definition) is 8. The molecular weight excluding hydrogens is 516 g/mol. The number of rotatable bonds is 4. The fourth-order valence-corrected chi connectivity index (χ4v) is 6.04. The van der Waals surface area contributed by atoms with Crippen molar-refractivity contribution in [2.45, 2.75) is 0 Å². The molecule has 0 aliphatic rings. The third kappa shape index (κ3) is 3.92. The molecule has 0 fully saturated rings. The molecule has 0 unspecified atom stereocenters. The first-order valence-corrected chi connectivity index (χ1v) is 13.3. The van der Waals surface area contributed by atoms with Gasteiger partial charge in [0.1, 0.15) is 20.9 Å². The highest BCUT2D eigenvalue weighted by atomic mass is 32.1. The Bertz CT molecular complexity index is 2090. The average Bonchev–Trinajstić information content (AvgIpc) is 3.62. The molecule has 0 saturated heterocycles. The Labute approximate surface area is 222 Å². The fourth-order valence-electron chi connectivity index (χ4n) is 4.26. The van der Waals surface area contributed by atoms with Crippen LogP contribution in [0.4, 0.5) is 0 Å². The monoisotopic (exact) mass is 532 g/mol. The van der Waals surface area contributed by atoms with Gasteiger partial charge < -0.3 is 9.97 Å². The Morgan fingerprint density at radius 2 is 1.50 bits per heavy atom. The molecule has 1 aromatic carbocycles. The van der Waals surface area contributed by atoms with Crippen LogP contribution in [0, 0.1) is 0 Å². The lowest BCUT2D eigenvalue weighted by atomic mass is 10.1. The summed E-state index contributed by atoms with van der Waals surface area (Å²) in [6.45, 7) is 0. The van der Waals surface area contributed by atoms with Gasteiger partial charge in [-0.25, -0.2) is 4.98 Å². The summed E-state index contributed by atoms with van der Waals surface area (Å²) in [7, 11) is 0. The van der Waals surface area contributed by atoms with Crippen molar-refractivity contribution in [1.29, 1.82) is 0 Å². The van der Waals surface area contributed by atoms with Crippen LogP contribution in [0.3, 0.4) is 0 Å². The number of fused-ring (bicyclic) bond motifs is 2. The maximum atomic E-state index is 12.9. The Morgan fingerprint density at radius 3 is 2.39 bits per heavy atom. The van der Waals surface area contributed by atoms with E-state index >= 15 is 0 Å². The van der Waals surface area contributed by atoms with Crippen LogP contribution >= 0.6 is 22.7 Å². The predicted molar refractivity (Wildman–Crippen MR) is 151 cm³/mol. The molecule has 2 N–H and O–H groups in total. The number of thiophene rings is 2. The van der Waals surface area contributed by atoms with E-state index in [0.717, 1.165) is 26.4 Å². The summed E-state index contributed by atoms with van der Waals surface area (Å²) in [5.74, 6) is 0.788. The summed E-state index contributed by atoms with van der Waals surface area (Å²) < 4.78 is 0.583. The zero-order valence-electron chi connectivity index (χ0n) is 19.5. The molecule has 182 valence electrons. The Kier molecular flexibility index (Phi) is 5.27. The van der Waals surface area contributed by atoms with E-state index in [1.54, 1.807) is 6.20 Å². The largest absolute Gasteiger partial charge is 0.337 e. The van der Waals surface area contributed by atoms with E-state index in [9.17, 15) is 9.59 Å². The van der Waals surface area contributed by atoms with Gasteiger partial charge in [0.2, 0.25) is 0 Å². The second kappa shape index (κ2) is 8.94. The van der Waals surface area contributed by atoms with Crippen LogP contribution in [0.5, 0.6) is 0 Å². The Morgan fingerprint density at radius 1 is 0.684 bits per heavy atom. The van der Waals surface area contributed by atoms with Gasteiger partial charge in [-0.3, -0.25) is 14.6 Å². The highest BCUT2D eigenvalue weighted by Crippen LogP contribution is 2.32. The molecular formula is C28H16N6O2S2. The van der Waals surface area contributed by atoms with Crippen LogP contribution in [0.2, 0.25) is 0 Å². The van der Waals surface area contributed by atoms with Gasteiger partial charge in [-0.1, -0.05) is 36.4 Å². The minimum atomic E-state index is -0.301. The summed E-state index contributed by atoms with van der Waals surface area (Å²) in [4.78, 5) is 51.1. The number of hydrogen-bond donors (Lipinski definition) is 2. The van der Waals surface area contributed by atoms with Gasteiger partial charge in [0.15, 0.2) is 11.6 Å². The van der Waals surface area contributed by atoms with Crippen molar-refractivity contribution in [3.05, 3.63) is 105 Å². The van der Waals surface area contributed by atoms with Crippen LogP contribution < -0.4 is 11.1 Å². The third-order valence-electron chi connectivity index (χ3n) is 6.08. The van der Waals surface area contributed by atoms with Crippen LogP contribution in [-0.4, -0.2) is 29.9 Å².